The largest absolute Gasteiger partial charge is 0.383 e. The molecule has 3 rings (SSSR count). The molecule has 0 radical (unpaired) electrons. The predicted octanol–water partition coefficient (Wildman–Crippen LogP) is 4.58. The van der Waals surface area contributed by atoms with E-state index in [1.165, 1.54) is 0 Å². The highest BCUT2D eigenvalue weighted by Crippen LogP contribution is 2.74. The minimum atomic E-state index is 0.245. The second-order valence-corrected chi connectivity index (χ2v) is 8.07. The van der Waals surface area contributed by atoms with Gasteiger partial charge in [0.05, 0.1) is 5.69 Å². The number of nitrogen functional groups attached to an aromatic ring is 1. The van der Waals surface area contributed by atoms with Crippen molar-refractivity contribution in [3.05, 3.63) is 34.4 Å². The molecule has 1 aliphatic rings. The van der Waals surface area contributed by atoms with E-state index in [2.05, 4.69) is 55.8 Å². The maximum atomic E-state index is 6.31. The monoisotopic (exact) mass is 347 g/mol. The summed E-state index contributed by atoms with van der Waals surface area (Å²) in [5, 5.41) is 4.75. The van der Waals surface area contributed by atoms with Crippen molar-refractivity contribution in [3.8, 4) is 11.1 Å². The smallest absolute Gasteiger partial charge is 0.129 e. The van der Waals surface area contributed by atoms with Crippen LogP contribution in [0.1, 0.15) is 39.3 Å². The molecule has 0 bridgehead atoms. The third kappa shape index (κ3) is 1.95. The number of nitrogens with zero attached hydrogens (tertiary/aromatic N) is 2. The van der Waals surface area contributed by atoms with Gasteiger partial charge < -0.3 is 5.73 Å². The van der Waals surface area contributed by atoms with E-state index in [-0.39, 0.29) is 10.8 Å². The predicted molar refractivity (Wildman–Crippen MR) is 91.1 cm³/mol. The van der Waals surface area contributed by atoms with Crippen molar-refractivity contribution in [3.63, 3.8) is 0 Å². The summed E-state index contributed by atoms with van der Waals surface area (Å²) >= 11 is 3.54. The van der Waals surface area contributed by atoms with Gasteiger partial charge in [-0.1, -0.05) is 55.8 Å². The first-order valence-electron chi connectivity index (χ1n) is 7.26. The molecule has 1 fully saturated rings. The average Bonchev–Trinajstić information content (AvgIpc) is 2.61. The molecule has 1 aromatic heterocycles. The number of nitrogens with two attached hydrogens (primary N) is 1. The summed E-state index contributed by atoms with van der Waals surface area (Å²) in [6.07, 6.45) is 0. The number of hydrogen-bond acceptors (Lipinski definition) is 2. The van der Waals surface area contributed by atoms with Gasteiger partial charge in [-0.2, -0.15) is 5.10 Å². The van der Waals surface area contributed by atoms with Gasteiger partial charge in [-0.3, -0.25) is 4.68 Å². The first-order chi connectivity index (χ1) is 9.68. The maximum Gasteiger partial charge on any atom is 0.129 e. The van der Waals surface area contributed by atoms with Crippen LogP contribution < -0.4 is 5.73 Å². The van der Waals surface area contributed by atoms with Crippen LogP contribution in [0, 0.1) is 10.8 Å². The highest BCUT2D eigenvalue weighted by Gasteiger charge is 2.66. The van der Waals surface area contributed by atoms with Gasteiger partial charge in [0, 0.05) is 23.0 Å². The molecule has 112 valence electrons. The van der Waals surface area contributed by atoms with Crippen molar-refractivity contribution in [2.75, 3.05) is 5.73 Å². The first-order valence-corrected chi connectivity index (χ1v) is 8.05. The van der Waals surface area contributed by atoms with Crippen LogP contribution in [0.25, 0.3) is 11.1 Å². The molecule has 0 saturated heterocycles. The molecule has 1 aromatic carbocycles. The van der Waals surface area contributed by atoms with Gasteiger partial charge in [0.25, 0.3) is 0 Å². The van der Waals surface area contributed by atoms with Gasteiger partial charge in [-0.05, 0) is 28.5 Å². The molecule has 2 N–H and O–H groups in total. The SMILES string of the molecule is Cn1nc(C2C(C)(C)C2(C)C)c(-c2cccc(Br)c2)c1N. The number of anilines is 1. The second-order valence-electron chi connectivity index (χ2n) is 7.16. The molecule has 1 saturated carbocycles. The Morgan fingerprint density at radius 2 is 1.81 bits per heavy atom. The number of benzene rings is 1. The van der Waals surface area contributed by atoms with Gasteiger partial charge in [0.15, 0.2) is 0 Å². The molecule has 4 heteroatoms. The van der Waals surface area contributed by atoms with E-state index < -0.39 is 0 Å². The Morgan fingerprint density at radius 3 is 2.33 bits per heavy atom. The van der Waals surface area contributed by atoms with Gasteiger partial charge in [0.2, 0.25) is 0 Å². The molecule has 21 heavy (non-hydrogen) atoms. The third-order valence-electron chi connectivity index (χ3n) is 5.53. The van der Waals surface area contributed by atoms with Crippen molar-refractivity contribution >= 4 is 21.7 Å². The van der Waals surface area contributed by atoms with E-state index in [1.54, 1.807) is 4.68 Å². The number of hydrogen-bond donors (Lipinski definition) is 1. The topological polar surface area (TPSA) is 43.8 Å². The lowest BCUT2D eigenvalue weighted by atomic mass is 9.99. The summed E-state index contributed by atoms with van der Waals surface area (Å²) in [5.41, 5.74) is 10.1. The fourth-order valence-corrected chi connectivity index (χ4v) is 3.98. The van der Waals surface area contributed by atoms with Gasteiger partial charge in [-0.25, -0.2) is 0 Å². The Hall–Kier alpha value is -1.29. The summed E-state index contributed by atoms with van der Waals surface area (Å²) in [5.74, 6) is 1.17. The zero-order valence-electron chi connectivity index (χ0n) is 13.2. The van der Waals surface area contributed by atoms with Crippen LogP contribution in [0.3, 0.4) is 0 Å². The van der Waals surface area contributed by atoms with Gasteiger partial charge in [-0.15, -0.1) is 0 Å². The van der Waals surface area contributed by atoms with E-state index in [1.807, 2.05) is 19.2 Å². The number of aryl methyl sites for hydroxylation is 1. The van der Waals surface area contributed by atoms with E-state index in [9.17, 15) is 0 Å². The zero-order valence-corrected chi connectivity index (χ0v) is 14.8. The molecule has 0 spiro atoms. The summed E-state index contributed by atoms with van der Waals surface area (Å²) in [4.78, 5) is 0. The molecular formula is C17H22BrN3. The highest BCUT2D eigenvalue weighted by molar-refractivity contribution is 9.10. The molecule has 0 amide bonds. The Bertz CT molecular complexity index is 699. The molecule has 0 aliphatic heterocycles. The molecule has 0 atom stereocenters. The van der Waals surface area contributed by atoms with E-state index in [0.29, 0.717) is 5.92 Å². The lowest BCUT2D eigenvalue weighted by molar-refractivity contribution is 0.457. The summed E-state index contributed by atoms with van der Waals surface area (Å²) in [6.45, 7) is 9.25. The quantitative estimate of drug-likeness (QED) is 0.863. The minimum Gasteiger partial charge on any atom is -0.383 e. The maximum absolute atomic E-state index is 6.31. The van der Waals surface area contributed by atoms with Crippen LogP contribution in [0.4, 0.5) is 5.82 Å². The second kappa shape index (κ2) is 4.35. The van der Waals surface area contributed by atoms with E-state index in [0.717, 1.165) is 27.1 Å². The lowest BCUT2D eigenvalue weighted by Crippen LogP contribution is -1.98. The molecule has 0 unspecified atom stereocenters. The fraction of sp³-hybridized carbons (Fsp3) is 0.471. The molecular weight excluding hydrogens is 326 g/mol. The Kier molecular flexibility index (Phi) is 3.04. The number of halogens is 1. The van der Waals surface area contributed by atoms with Crippen LogP contribution >= 0.6 is 15.9 Å². The third-order valence-corrected chi connectivity index (χ3v) is 6.02. The normalized spacial score (nSPS) is 19.7. The van der Waals surface area contributed by atoms with Gasteiger partial charge in [0.1, 0.15) is 5.82 Å². The molecule has 3 nitrogen and oxygen atoms in total. The Morgan fingerprint density at radius 1 is 1.19 bits per heavy atom. The van der Waals surface area contributed by atoms with Crippen molar-refractivity contribution in [1.29, 1.82) is 0 Å². The number of aromatic nitrogens is 2. The standard InChI is InChI=1S/C17H22BrN3/c1-16(2)14(17(16,3)4)13-12(15(19)21(5)20-13)10-7-6-8-11(18)9-10/h6-9,14H,19H2,1-5H3. The molecule has 1 aliphatic carbocycles. The highest BCUT2D eigenvalue weighted by atomic mass is 79.9. The fourth-order valence-electron chi connectivity index (χ4n) is 3.58. The van der Waals surface area contributed by atoms with Crippen molar-refractivity contribution in [2.45, 2.75) is 33.6 Å². The van der Waals surface area contributed by atoms with Crippen molar-refractivity contribution in [2.24, 2.45) is 17.9 Å². The van der Waals surface area contributed by atoms with Crippen LogP contribution in [0.15, 0.2) is 28.7 Å². The van der Waals surface area contributed by atoms with Crippen LogP contribution in [-0.4, -0.2) is 9.78 Å². The van der Waals surface area contributed by atoms with E-state index in [4.69, 9.17) is 10.8 Å². The summed E-state index contributed by atoms with van der Waals surface area (Å²) in [6, 6.07) is 8.28. The minimum absolute atomic E-state index is 0.245. The first kappa shape index (κ1) is 14.6. The Labute approximate surface area is 134 Å². The van der Waals surface area contributed by atoms with Crippen LogP contribution in [0.5, 0.6) is 0 Å². The van der Waals surface area contributed by atoms with Crippen molar-refractivity contribution in [1.82, 2.24) is 9.78 Å². The van der Waals surface area contributed by atoms with Crippen molar-refractivity contribution < 1.29 is 0 Å². The summed E-state index contributed by atoms with van der Waals surface area (Å²) in [7, 11) is 1.92. The van der Waals surface area contributed by atoms with E-state index >= 15 is 0 Å². The van der Waals surface area contributed by atoms with Crippen LogP contribution in [-0.2, 0) is 7.05 Å². The Balaban J connectivity index is 2.19. The molecule has 2 aromatic rings. The summed E-state index contributed by atoms with van der Waals surface area (Å²) < 4.78 is 2.86. The average molecular weight is 348 g/mol. The van der Waals surface area contributed by atoms with Crippen LogP contribution in [0.2, 0.25) is 0 Å². The number of rotatable bonds is 2. The van der Waals surface area contributed by atoms with Gasteiger partial charge >= 0.3 is 0 Å². The zero-order chi connectivity index (χ0) is 15.6. The lowest BCUT2D eigenvalue weighted by Gasteiger charge is -2.06. The molecule has 1 heterocycles.